The molecule has 1 heterocycles. The van der Waals surface area contributed by atoms with Gasteiger partial charge >= 0.3 is 5.97 Å². The fourth-order valence-corrected chi connectivity index (χ4v) is 3.85. The van der Waals surface area contributed by atoms with Crippen LogP contribution >= 0.6 is 22.9 Å². The number of carbonyl (C=O) groups excluding carboxylic acids is 2. The molecule has 4 aromatic rings. The van der Waals surface area contributed by atoms with Gasteiger partial charge in [0.25, 0.3) is 5.91 Å². The van der Waals surface area contributed by atoms with Crippen LogP contribution in [0.25, 0.3) is 22.0 Å². The third-order valence-corrected chi connectivity index (χ3v) is 5.33. The Balaban J connectivity index is 1.39. The Labute approximate surface area is 175 Å². The highest BCUT2D eigenvalue weighted by Crippen LogP contribution is 2.30. The molecule has 5 nitrogen and oxygen atoms in total. The topological polar surface area (TPSA) is 68.3 Å². The zero-order valence-electron chi connectivity index (χ0n) is 15.1. The summed E-state index contributed by atoms with van der Waals surface area (Å²) >= 11 is 7.45. The van der Waals surface area contributed by atoms with E-state index in [9.17, 15) is 9.59 Å². The second kappa shape index (κ2) is 8.43. The smallest absolute Gasteiger partial charge is 0.339 e. The highest BCUT2D eigenvalue weighted by Gasteiger charge is 2.15. The van der Waals surface area contributed by atoms with Crippen LogP contribution in [0.4, 0.5) is 5.13 Å². The Bertz CT molecular complexity index is 1200. The molecule has 0 fully saturated rings. The Morgan fingerprint density at radius 1 is 1.00 bits per heavy atom. The summed E-state index contributed by atoms with van der Waals surface area (Å²) in [4.78, 5) is 29.0. The van der Waals surface area contributed by atoms with E-state index in [1.165, 1.54) is 11.3 Å². The minimum absolute atomic E-state index is 0.400. The van der Waals surface area contributed by atoms with Crippen LogP contribution in [0.1, 0.15) is 10.4 Å². The summed E-state index contributed by atoms with van der Waals surface area (Å²) in [6.07, 6.45) is 0. The second-order valence-electron chi connectivity index (χ2n) is 6.17. The van der Waals surface area contributed by atoms with Crippen LogP contribution < -0.4 is 5.32 Å². The van der Waals surface area contributed by atoms with Crippen LogP contribution in [0.5, 0.6) is 0 Å². The summed E-state index contributed by atoms with van der Waals surface area (Å²) in [5, 5.41) is 7.15. The number of nitrogens with zero attached hydrogens (tertiary/aromatic N) is 1. The molecule has 0 bridgehead atoms. The average molecular weight is 423 g/mol. The van der Waals surface area contributed by atoms with E-state index in [2.05, 4.69) is 10.3 Å². The molecule has 0 saturated carbocycles. The summed E-state index contributed by atoms with van der Waals surface area (Å²) in [6.45, 7) is -0.400. The molecule has 3 aromatic carbocycles. The molecule has 7 heteroatoms. The lowest BCUT2D eigenvalue weighted by atomic mass is 10.1. The normalized spacial score (nSPS) is 10.7. The molecule has 0 aliphatic heterocycles. The maximum atomic E-state index is 12.4. The van der Waals surface area contributed by atoms with Crippen LogP contribution in [0.2, 0.25) is 5.02 Å². The monoisotopic (exact) mass is 422 g/mol. The van der Waals surface area contributed by atoms with E-state index >= 15 is 0 Å². The molecule has 144 valence electrons. The first-order valence-electron chi connectivity index (χ1n) is 8.77. The number of ether oxygens (including phenoxy) is 1. The number of esters is 1. The largest absolute Gasteiger partial charge is 0.452 e. The predicted octanol–water partition coefficient (Wildman–Crippen LogP) is 5.41. The Morgan fingerprint density at radius 2 is 1.76 bits per heavy atom. The van der Waals surface area contributed by atoms with Gasteiger partial charge in [0.1, 0.15) is 0 Å². The molecule has 0 atom stereocenters. The molecule has 4 rings (SSSR count). The first kappa shape index (κ1) is 19.1. The first-order valence-corrected chi connectivity index (χ1v) is 10.0. The van der Waals surface area contributed by atoms with E-state index in [1.807, 2.05) is 48.5 Å². The van der Waals surface area contributed by atoms with Crippen LogP contribution in [-0.4, -0.2) is 23.5 Å². The van der Waals surface area contributed by atoms with Gasteiger partial charge in [-0.3, -0.25) is 10.1 Å². The van der Waals surface area contributed by atoms with Crippen molar-refractivity contribution in [3.8, 4) is 11.3 Å². The molecule has 1 N–H and O–H groups in total. The summed E-state index contributed by atoms with van der Waals surface area (Å²) in [5.74, 6) is -1.01. The molecule has 0 aliphatic rings. The SMILES string of the molecule is O=C(COC(=O)c1cccc2ccccc12)Nc1nc(-c2ccccc2Cl)cs1. The Kier molecular flexibility index (Phi) is 5.55. The predicted molar refractivity (Wildman–Crippen MR) is 115 cm³/mol. The van der Waals surface area contributed by atoms with Crippen molar-refractivity contribution in [2.75, 3.05) is 11.9 Å². The van der Waals surface area contributed by atoms with Gasteiger partial charge in [0, 0.05) is 16.0 Å². The molecule has 29 heavy (non-hydrogen) atoms. The molecule has 1 amide bonds. The molecule has 0 saturated heterocycles. The number of aromatic nitrogens is 1. The van der Waals surface area contributed by atoms with Crippen LogP contribution in [0, 0.1) is 0 Å². The number of halogens is 1. The standard InChI is InChI=1S/C22H15ClN2O3S/c23-18-11-4-3-9-17(18)19-13-29-22(24-19)25-20(26)12-28-21(27)16-10-5-7-14-6-1-2-8-15(14)16/h1-11,13H,12H2,(H,24,25,26). The summed E-state index contributed by atoms with van der Waals surface area (Å²) in [6, 6.07) is 20.2. The number of benzene rings is 3. The number of hydrogen-bond donors (Lipinski definition) is 1. The van der Waals surface area contributed by atoms with Crippen molar-refractivity contribution in [2.45, 2.75) is 0 Å². The van der Waals surface area contributed by atoms with Gasteiger partial charge in [-0.05, 0) is 22.9 Å². The van der Waals surface area contributed by atoms with Crippen molar-refractivity contribution in [1.82, 2.24) is 4.98 Å². The van der Waals surface area contributed by atoms with E-state index in [1.54, 1.807) is 23.6 Å². The quantitative estimate of drug-likeness (QED) is 0.436. The molecule has 0 aliphatic carbocycles. The van der Waals surface area contributed by atoms with E-state index in [0.717, 1.165) is 16.3 Å². The minimum atomic E-state index is -0.548. The van der Waals surface area contributed by atoms with Crippen molar-refractivity contribution in [1.29, 1.82) is 0 Å². The zero-order valence-corrected chi connectivity index (χ0v) is 16.7. The van der Waals surface area contributed by atoms with E-state index < -0.39 is 18.5 Å². The maximum Gasteiger partial charge on any atom is 0.339 e. The molecular formula is C22H15ClN2O3S. The van der Waals surface area contributed by atoms with E-state index in [-0.39, 0.29) is 0 Å². The number of amides is 1. The summed E-state index contributed by atoms with van der Waals surface area (Å²) in [5.41, 5.74) is 1.88. The van der Waals surface area contributed by atoms with Gasteiger partial charge in [-0.15, -0.1) is 11.3 Å². The molecular weight excluding hydrogens is 408 g/mol. The van der Waals surface area contributed by atoms with Gasteiger partial charge in [-0.25, -0.2) is 9.78 Å². The lowest BCUT2D eigenvalue weighted by molar-refractivity contribution is -0.119. The fourth-order valence-electron chi connectivity index (χ4n) is 2.89. The van der Waals surface area contributed by atoms with E-state index in [0.29, 0.717) is 21.4 Å². The van der Waals surface area contributed by atoms with Crippen LogP contribution in [0.15, 0.2) is 72.1 Å². The highest BCUT2D eigenvalue weighted by molar-refractivity contribution is 7.14. The average Bonchev–Trinajstić information content (AvgIpc) is 3.20. The van der Waals surface area contributed by atoms with E-state index in [4.69, 9.17) is 16.3 Å². The summed E-state index contributed by atoms with van der Waals surface area (Å²) < 4.78 is 5.19. The van der Waals surface area contributed by atoms with Gasteiger partial charge in [0.15, 0.2) is 11.7 Å². The number of anilines is 1. The Morgan fingerprint density at radius 3 is 2.62 bits per heavy atom. The third-order valence-electron chi connectivity index (χ3n) is 4.24. The second-order valence-corrected chi connectivity index (χ2v) is 7.43. The van der Waals surface area contributed by atoms with Crippen molar-refractivity contribution in [2.24, 2.45) is 0 Å². The number of rotatable bonds is 5. The first-order chi connectivity index (χ1) is 14.1. The third kappa shape index (κ3) is 4.29. The van der Waals surface area contributed by atoms with Gasteiger partial charge in [-0.1, -0.05) is 66.2 Å². The van der Waals surface area contributed by atoms with Crippen LogP contribution in [0.3, 0.4) is 0 Å². The van der Waals surface area contributed by atoms with Crippen molar-refractivity contribution in [3.05, 3.63) is 82.7 Å². The number of hydrogen-bond acceptors (Lipinski definition) is 5. The number of fused-ring (bicyclic) bond motifs is 1. The lowest BCUT2D eigenvalue weighted by Gasteiger charge is -2.07. The molecule has 0 spiro atoms. The van der Waals surface area contributed by atoms with Gasteiger partial charge in [0.2, 0.25) is 0 Å². The lowest BCUT2D eigenvalue weighted by Crippen LogP contribution is -2.21. The number of carbonyl (C=O) groups is 2. The van der Waals surface area contributed by atoms with Crippen LogP contribution in [-0.2, 0) is 9.53 Å². The van der Waals surface area contributed by atoms with Crippen molar-refractivity contribution >= 4 is 50.7 Å². The van der Waals surface area contributed by atoms with Gasteiger partial charge in [0.05, 0.1) is 11.3 Å². The van der Waals surface area contributed by atoms with Gasteiger partial charge < -0.3 is 4.74 Å². The van der Waals surface area contributed by atoms with Crippen molar-refractivity contribution in [3.63, 3.8) is 0 Å². The minimum Gasteiger partial charge on any atom is -0.452 e. The molecule has 0 unspecified atom stereocenters. The number of nitrogens with one attached hydrogen (secondary N) is 1. The number of thiazole rings is 1. The fraction of sp³-hybridized carbons (Fsp3) is 0.0455. The van der Waals surface area contributed by atoms with Gasteiger partial charge in [-0.2, -0.15) is 0 Å². The molecule has 1 aromatic heterocycles. The zero-order chi connectivity index (χ0) is 20.2. The van der Waals surface area contributed by atoms with Crippen molar-refractivity contribution < 1.29 is 14.3 Å². The molecule has 0 radical (unpaired) electrons. The summed E-state index contributed by atoms with van der Waals surface area (Å²) in [7, 11) is 0. The highest BCUT2D eigenvalue weighted by atomic mass is 35.5. The Hall–Kier alpha value is -3.22. The maximum absolute atomic E-state index is 12.4.